The standard InChI is InChI=1S/C25H28N4O2/c1-31-22-8-6-21(7-9-22)27-14-16-28(17-15-27)24-23-18-20(5-4-19(23)10-11-26-24)25(30)29-12-2-3-13-29/h4-11,18H,2-3,12-17H2,1H3. The molecule has 0 N–H and O–H groups in total. The molecule has 0 aliphatic carbocycles. The van der Waals surface area contributed by atoms with Gasteiger partial charge in [-0.2, -0.15) is 0 Å². The Hall–Kier alpha value is -3.28. The van der Waals surface area contributed by atoms with Crippen LogP contribution >= 0.6 is 0 Å². The number of nitrogens with zero attached hydrogens (tertiary/aromatic N) is 4. The smallest absolute Gasteiger partial charge is 0.253 e. The van der Waals surface area contributed by atoms with Crippen LogP contribution in [0.1, 0.15) is 23.2 Å². The third kappa shape index (κ3) is 3.90. The lowest BCUT2D eigenvalue weighted by Crippen LogP contribution is -2.46. The highest BCUT2D eigenvalue weighted by atomic mass is 16.5. The topological polar surface area (TPSA) is 48.9 Å². The van der Waals surface area contributed by atoms with E-state index in [2.05, 4.69) is 28.0 Å². The molecule has 1 amide bonds. The number of hydrogen-bond donors (Lipinski definition) is 0. The quantitative estimate of drug-likeness (QED) is 0.647. The molecule has 2 aliphatic rings. The number of piperazine rings is 1. The summed E-state index contributed by atoms with van der Waals surface area (Å²) in [5, 5.41) is 2.19. The summed E-state index contributed by atoms with van der Waals surface area (Å²) in [6, 6.07) is 16.3. The van der Waals surface area contributed by atoms with E-state index in [0.29, 0.717) is 0 Å². The Labute approximate surface area is 183 Å². The molecule has 6 nitrogen and oxygen atoms in total. The third-order valence-corrected chi connectivity index (χ3v) is 6.40. The predicted molar refractivity (Wildman–Crippen MR) is 124 cm³/mol. The van der Waals surface area contributed by atoms with Gasteiger partial charge >= 0.3 is 0 Å². The largest absolute Gasteiger partial charge is 0.497 e. The molecule has 0 bridgehead atoms. The molecule has 2 fully saturated rings. The van der Waals surface area contributed by atoms with E-state index in [4.69, 9.17) is 9.72 Å². The molecule has 0 atom stereocenters. The van der Waals surface area contributed by atoms with Crippen molar-refractivity contribution in [1.82, 2.24) is 9.88 Å². The number of fused-ring (bicyclic) bond motifs is 1. The number of likely N-dealkylation sites (tertiary alicyclic amines) is 1. The molecule has 0 saturated carbocycles. The molecular weight excluding hydrogens is 388 g/mol. The van der Waals surface area contributed by atoms with E-state index in [-0.39, 0.29) is 5.91 Å². The van der Waals surface area contributed by atoms with Crippen LogP contribution in [0.25, 0.3) is 10.8 Å². The second-order valence-electron chi connectivity index (χ2n) is 8.24. The van der Waals surface area contributed by atoms with Crippen molar-refractivity contribution in [2.75, 3.05) is 56.2 Å². The van der Waals surface area contributed by atoms with Crippen molar-refractivity contribution in [2.24, 2.45) is 0 Å². The van der Waals surface area contributed by atoms with Gasteiger partial charge in [0.05, 0.1) is 7.11 Å². The number of rotatable bonds is 4. The van der Waals surface area contributed by atoms with Crippen LogP contribution in [0.3, 0.4) is 0 Å². The first-order valence-corrected chi connectivity index (χ1v) is 11.0. The summed E-state index contributed by atoms with van der Waals surface area (Å²) < 4.78 is 5.27. The molecule has 0 unspecified atom stereocenters. The molecule has 2 aliphatic heterocycles. The molecule has 0 radical (unpaired) electrons. The van der Waals surface area contributed by atoms with Gasteiger partial charge in [-0.1, -0.05) is 6.07 Å². The van der Waals surface area contributed by atoms with E-state index in [9.17, 15) is 4.79 Å². The summed E-state index contributed by atoms with van der Waals surface area (Å²) in [6.45, 7) is 5.37. The van der Waals surface area contributed by atoms with Crippen LogP contribution in [0.4, 0.5) is 11.5 Å². The summed E-state index contributed by atoms with van der Waals surface area (Å²) in [5.74, 6) is 1.99. The van der Waals surface area contributed by atoms with Gasteiger partial charge in [0.2, 0.25) is 0 Å². The van der Waals surface area contributed by atoms with E-state index < -0.39 is 0 Å². The highest BCUT2D eigenvalue weighted by Gasteiger charge is 2.22. The van der Waals surface area contributed by atoms with Crippen LogP contribution in [0.2, 0.25) is 0 Å². The molecule has 6 heteroatoms. The number of carbonyl (C=O) groups is 1. The van der Waals surface area contributed by atoms with Crippen LogP contribution in [0.15, 0.2) is 54.7 Å². The van der Waals surface area contributed by atoms with Gasteiger partial charge in [-0.05, 0) is 60.7 Å². The summed E-state index contributed by atoms with van der Waals surface area (Å²) in [5.41, 5.74) is 1.98. The lowest BCUT2D eigenvalue weighted by atomic mass is 10.1. The Bertz CT molecular complexity index is 1070. The van der Waals surface area contributed by atoms with Crippen LogP contribution in [-0.2, 0) is 0 Å². The van der Waals surface area contributed by atoms with E-state index in [1.807, 2.05) is 41.4 Å². The summed E-state index contributed by atoms with van der Waals surface area (Å²) in [6.07, 6.45) is 4.07. The maximum atomic E-state index is 12.9. The Morgan fingerprint density at radius 3 is 2.29 bits per heavy atom. The number of anilines is 2. The van der Waals surface area contributed by atoms with Gasteiger partial charge in [-0.15, -0.1) is 0 Å². The van der Waals surface area contributed by atoms with Crippen LogP contribution in [0.5, 0.6) is 5.75 Å². The Kier molecular flexibility index (Phi) is 5.37. The molecule has 2 saturated heterocycles. The summed E-state index contributed by atoms with van der Waals surface area (Å²) in [7, 11) is 1.69. The zero-order chi connectivity index (χ0) is 21.2. The Morgan fingerprint density at radius 2 is 1.58 bits per heavy atom. The Morgan fingerprint density at radius 1 is 0.871 bits per heavy atom. The first kappa shape index (κ1) is 19.7. The maximum Gasteiger partial charge on any atom is 0.253 e. The van der Waals surface area contributed by atoms with E-state index in [1.165, 1.54) is 5.69 Å². The molecule has 160 valence electrons. The fourth-order valence-electron chi connectivity index (χ4n) is 4.61. The normalized spacial score (nSPS) is 16.7. The molecule has 5 rings (SSSR count). The average Bonchev–Trinajstić information content (AvgIpc) is 3.38. The van der Waals surface area contributed by atoms with Crippen LogP contribution < -0.4 is 14.5 Å². The predicted octanol–water partition coefficient (Wildman–Crippen LogP) is 3.81. The van der Waals surface area contributed by atoms with Gasteiger partial charge in [-0.25, -0.2) is 4.98 Å². The summed E-state index contributed by atoms with van der Waals surface area (Å²) in [4.78, 5) is 24.3. The average molecular weight is 417 g/mol. The second-order valence-corrected chi connectivity index (χ2v) is 8.24. The van der Waals surface area contributed by atoms with Crippen molar-refractivity contribution in [3.8, 4) is 5.75 Å². The highest BCUT2D eigenvalue weighted by molar-refractivity contribution is 6.01. The fourth-order valence-corrected chi connectivity index (χ4v) is 4.61. The molecule has 3 aromatic rings. The number of aromatic nitrogens is 1. The van der Waals surface area contributed by atoms with Crippen molar-refractivity contribution in [2.45, 2.75) is 12.8 Å². The molecule has 1 aromatic heterocycles. The number of carbonyl (C=O) groups excluding carboxylic acids is 1. The minimum atomic E-state index is 0.138. The minimum absolute atomic E-state index is 0.138. The van der Waals surface area contributed by atoms with Gasteiger partial charge in [0.15, 0.2) is 0 Å². The van der Waals surface area contributed by atoms with Gasteiger partial charge < -0.3 is 19.4 Å². The number of pyridine rings is 1. The Balaban J connectivity index is 1.36. The van der Waals surface area contributed by atoms with Crippen molar-refractivity contribution in [1.29, 1.82) is 0 Å². The van der Waals surface area contributed by atoms with Crippen molar-refractivity contribution in [3.63, 3.8) is 0 Å². The highest BCUT2D eigenvalue weighted by Crippen LogP contribution is 2.28. The molecule has 2 aromatic carbocycles. The maximum absolute atomic E-state index is 12.9. The van der Waals surface area contributed by atoms with Crippen molar-refractivity contribution < 1.29 is 9.53 Å². The fraction of sp³-hybridized carbons (Fsp3) is 0.360. The lowest BCUT2D eigenvalue weighted by Gasteiger charge is -2.37. The van der Waals surface area contributed by atoms with Gasteiger partial charge in [0.1, 0.15) is 11.6 Å². The molecule has 31 heavy (non-hydrogen) atoms. The minimum Gasteiger partial charge on any atom is -0.497 e. The number of ether oxygens (including phenoxy) is 1. The lowest BCUT2D eigenvalue weighted by molar-refractivity contribution is 0.0793. The zero-order valence-electron chi connectivity index (χ0n) is 18.0. The monoisotopic (exact) mass is 416 g/mol. The molecule has 0 spiro atoms. The first-order chi connectivity index (χ1) is 15.2. The SMILES string of the molecule is COc1ccc(N2CCN(c3nccc4ccc(C(=O)N5CCCC5)cc34)CC2)cc1. The third-order valence-electron chi connectivity index (χ3n) is 6.40. The molecular formula is C25H28N4O2. The van der Waals surface area contributed by atoms with Crippen LogP contribution in [0, 0.1) is 0 Å². The number of benzene rings is 2. The number of methoxy groups -OCH3 is 1. The van der Waals surface area contributed by atoms with Crippen molar-refractivity contribution >= 4 is 28.2 Å². The van der Waals surface area contributed by atoms with E-state index in [1.54, 1.807) is 7.11 Å². The zero-order valence-corrected chi connectivity index (χ0v) is 18.0. The number of amides is 1. The second kappa shape index (κ2) is 8.46. The van der Waals surface area contributed by atoms with Crippen LogP contribution in [-0.4, -0.2) is 62.2 Å². The van der Waals surface area contributed by atoms with Crippen molar-refractivity contribution in [3.05, 3.63) is 60.3 Å². The first-order valence-electron chi connectivity index (χ1n) is 11.0. The van der Waals surface area contributed by atoms with Gasteiger partial charge in [0.25, 0.3) is 5.91 Å². The van der Waals surface area contributed by atoms with E-state index >= 15 is 0 Å². The summed E-state index contributed by atoms with van der Waals surface area (Å²) >= 11 is 0. The number of hydrogen-bond acceptors (Lipinski definition) is 5. The van der Waals surface area contributed by atoms with Gasteiger partial charge in [0, 0.05) is 62.1 Å². The molecule has 3 heterocycles. The van der Waals surface area contributed by atoms with E-state index in [0.717, 1.165) is 80.0 Å². The van der Waals surface area contributed by atoms with Gasteiger partial charge in [-0.3, -0.25) is 4.79 Å².